The van der Waals surface area contributed by atoms with Gasteiger partial charge in [0.25, 0.3) is 0 Å². The molecule has 86 valence electrons. The average Bonchev–Trinajstić information content (AvgIpc) is 2.55. The van der Waals surface area contributed by atoms with Gasteiger partial charge in [-0.3, -0.25) is 9.59 Å². The summed E-state index contributed by atoms with van der Waals surface area (Å²) in [7, 11) is 0. The molecule has 1 aromatic heterocycles. The molecule has 5 nitrogen and oxygen atoms in total. The van der Waals surface area contributed by atoms with Crippen molar-refractivity contribution in [2.24, 2.45) is 0 Å². The quantitative estimate of drug-likeness (QED) is 0.477. The van der Waals surface area contributed by atoms with E-state index in [1.807, 2.05) is 0 Å². The number of aromatic nitrogens is 1. The third-order valence-electron chi connectivity index (χ3n) is 2.23. The molecule has 0 aromatic carbocycles. The fourth-order valence-corrected chi connectivity index (χ4v) is 1.52. The average molecular weight is 223 g/mol. The third-order valence-corrected chi connectivity index (χ3v) is 2.23. The molecule has 0 aliphatic rings. The summed E-state index contributed by atoms with van der Waals surface area (Å²) >= 11 is 0. The van der Waals surface area contributed by atoms with Crippen LogP contribution in [0.2, 0.25) is 0 Å². The molecule has 0 bridgehead atoms. The summed E-state index contributed by atoms with van der Waals surface area (Å²) in [5.41, 5.74) is 0.946. The van der Waals surface area contributed by atoms with Crippen molar-refractivity contribution in [1.82, 2.24) is 4.98 Å². The molecule has 1 heterocycles. The van der Waals surface area contributed by atoms with Gasteiger partial charge in [-0.1, -0.05) is 0 Å². The van der Waals surface area contributed by atoms with Crippen LogP contribution in [-0.4, -0.2) is 29.6 Å². The van der Waals surface area contributed by atoms with Crippen LogP contribution in [0.5, 0.6) is 0 Å². The first kappa shape index (κ1) is 12.2. The first-order chi connectivity index (χ1) is 7.52. The second-order valence-electron chi connectivity index (χ2n) is 3.31. The molecule has 0 atom stereocenters. The van der Waals surface area contributed by atoms with Gasteiger partial charge in [0.15, 0.2) is 12.1 Å². The Kier molecular flexibility index (Phi) is 3.60. The van der Waals surface area contributed by atoms with Crippen molar-refractivity contribution in [1.29, 1.82) is 0 Å². The monoisotopic (exact) mass is 223 g/mol. The summed E-state index contributed by atoms with van der Waals surface area (Å²) in [6, 6.07) is 0. The number of nitrogens with one attached hydrogen (secondary N) is 1. The highest BCUT2D eigenvalue weighted by Crippen LogP contribution is 2.18. The number of hydrogen-bond donors (Lipinski definition) is 1. The molecule has 1 rings (SSSR count). The Bertz CT molecular complexity index is 445. The van der Waals surface area contributed by atoms with E-state index < -0.39 is 5.97 Å². The normalized spacial score (nSPS) is 9.94. The highest BCUT2D eigenvalue weighted by atomic mass is 16.5. The minimum atomic E-state index is -0.592. The second-order valence-corrected chi connectivity index (χ2v) is 3.31. The van der Waals surface area contributed by atoms with Crippen molar-refractivity contribution in [2.45, 2.75) is 20.8 Å². The number of hydrogen-bond acceptors (Lipinski definition) is 4. The van der Waals surface area contributed by atoms with Crippen molar-refractivity contribution < 1.29 is 19.1 Å². The Labute approximate surface area is 92.8 Å². The smallest absolute Gasteiger partial charge is 0.340 e. The summed E-state index contributed by atoms with van der Waals surface area (Å²) < 4.78 is 4.82. The molecular formula is C11H13NO4. The van der Waals surface area contributed by atoms with Crippen LogP contribution in [-0.2, 0) is 4.74 Å². The first-order valence-corrected chi connectivity index (χ1v) is 4.88. The maximum absolute atomic E-state index is 11.6. The highest BCUT2D eigenvalue weighted by molar-refractivity contribution is 6.04. The van der Waals surface area contributed by atoms with E-state index in [2.05, 4.69) is 4.98 Å². The summed E-state index contributed by atoms with van der Waals surface area (Å²) in [5.74, 6) is -0.818. The van der Waals surface area contributed by atoms with Gasteiger partial charge in [0.2, 0.25) is 0 Å². The SMILES string of the molecule is CCOC(=O)c1c(C=O)[nH]c(C(C)=O)c1C. The van der Waals surface area contributed by atoms with Crippen molar-refractivity contribution >= 4 is 18.0 Å². The zero-order valence-corrected chi connectivity index (χ0v) is 9.42. The molecular weight excluding hydrogens is 210 g/mol. The zero-order chi connectivity index (χ0) is 12.3. The molecule has 0 amide bonds. The number of ether oxygens (including phenoxy) is 1. The van der Waals surface area contributed by atoms with Gasteiger partial charge < -0.3 is 9.72 Å². The summed E-state index contributed by atoms with van der Waals surface area (Å²) in [5, 5.41) is 0. The van der Waals surface area contributed by atoms with Gasteiger partial charge in [0.1, 0.15) is 0 Å². The van der Waals surface area contributed by atoms with Gasteiger partial charge in [0.05, 0.1) is 23.6 Å². The van der Waals surface area contributed by atoms with E-state index >= 15 is 0 Å². The van der Waals surface area contributed by atoms with Crippen LogP contribution in [0.1, 0.15) is 50.7 Å². The fraction of sp³-hybridized carbons (Fsp3) is 0.364. The number of aldehydes is 1. The largest absolute Gasteiger partial charge is 0.462 e. The van der Waals surface area contributed by atoms with Crippen molar-refractivity contribution in [2.75, 3.05) is 6.61 Å². The Balaban J connectivity index is 3.31. The van der Waals surface area contributed by atoms with Gasteiger partial charge in [0, 0.05) is 6.92 Å². The molecule has 1 aromatic rings. The van der Waals surface area contributed by atoms with Gasteiger partial charge in [-0.2, -0.15) is 0 Å². The zero-order valence-electron chi connectivity index (χ0n) is 9.42. The van der Waals surface area contributed by atoms with Crippen LogP contribution in [0.4, 0.5) is 0 Å². The van der Waals surface area contributed by atoms with Crippen molar-refractivity contribution in [3.05, 3.63) is 22.5 Å². The minimum Gasteiger partial charge on any atom is -0.462 e. The number of aromatic amines is 1. The lowest BCUT2D eigenvalue weighted by atomic mass is 10.1. The van der Waals surface area contributed by atoms with Crippen LogP contribution < -0.4 is 0 Å². The number of carbonyl (C=O) groups is 3. The highest BCUT2D eigenvalue weighted by Gasteiger charge is 2.22. The lowest BCUT2D eigenvalue weighted by Gasteiger charge is -2.01. The van der Waals surface area contributed by atoms with E-state index in [0.29, 0.717) is 11.8 Å². The molecule has 0 saturated carbocycles. The third kappa shape index (κ3) is 2.03. The summed E-state index contributed by atoms with van der Waals surface area (Å²) in [4.78, 5) is 36.2. The fourth-order valence-electron chi connectivity index (χ4n) is 1.52. The van der Waals surface area contributed by atoms with Gasteiger partial charge in [-0.05, 0) is 19.4 Å². The Morgan fingerprint density at radius 2 is 2.06 bits per heavy atom. The summed E-state index contributed by atoms with van der Waals surface area (Å²) in [6.07, 6.45) is 0.506. The van der Waals surface area contributed by atoms with Crippen LogP contribution >= 0.6 is 0 Å². The predicted octanol–water partition coefficient (Wildman–Crippen LogP) is 1.51. The number of Topliss-reactive ketones (excluding diaryl/α,β-unsaturated/α-hetero) is 1. The van der Waals surface area contributed by atoms with E-state index in [9.17, 15) is 14.4 Å². The van der Waals surface area contributed by atoms with Crippen LogP contribution in [0, 0.1) is 6.92 Å². The molecule has 0 aliphatic heterocycles. The maximum Gasteiger partial charge on any atom is 0.340 e. The van der Waals surface area contributed by atoms with E-state index in [0.717, 1.165) is 0 Å². The van der Waals surface area contributed by atoms with Gasteiger partial charge in [-0.15, -0.1) is 0 Å². The lowest BCUT2D eigenvalue weighted by molar-refractivity contribution is 0.0523. The number of rotatable bonds is 4. The standard InChI is InChI=1S/C11H13NO4/c1-4-16-11(15)9-6(2)10(7(3)14)12-8(9)5-13/h5,12H,4H2,1-3H3. The number of ketones is 1. The van der Waals surface area contributed by atoms with Crippen molar-refractivity contribution in [3.8, 4) is 0 Å². The van der Waals surface area contributed by atoms with E-state index in [1.54, 1.807) is 13.8 Å². The van der Waals surface area contributed by atoms with Gasteiger partial charge >= 0.3 is 5.97 Å². The first-order valence-electron chi connectivity index (χ1n) is 4.88. The van der Waals surface area contributed by atoms with Crippen molar-refractivity contribution in [3.63, 3.8) is 0 Å². The molecule has 0 spiro atoms. The molecule has 5 heteroatoms. The molecule has 0 saturated heterocycles. The molecule has 0 radical (unpaired) electrons. The van der Waals surface area contributed by atoms with E-state index in [-0.39, 0.29) is 29.3 Å². The molecule has 16 heavy (non-hydrogen) atoms. The number of esters is 1. The Hall–Kier alpha value is -1.91. The summed E-state index contributed by atoms with van der Waals surface area (Å²) in [6.45, 7) is 4.86. The molecule has 1 N–H and O–H groups in total. The minimum absolute atomic E-state index is 0.0844. The van der Waals surface area contributed by atoms with Gasteiger partial charge in [-0.25, -0.2) is 4.79 Å². The molecule has 0 aliphatic carbocycles. The maximum atomic E-state index is 11.6. The Morgan fingerprint density at radius 1 is 1.44 bits per heavy atom. The topological polar surface area (TPSA) is 76.2 Å². The number of carbonyl (C=O) groups excluding carboxylic acids is 3. The molecule has 0 fully saturated rings. The lowest BCUT2D eigenvalue weighted by Crippen LogP contribution is -2.08. The predicted molar refractivity (Wildman–Crippen MR) is 56.9 cm³/mol. The van der Waals surface area contributed by atoms with E-state index in [4.69, 9.17) is 4.74 Å². The molecule has 0 unspecified atom stereocenters. The Morgan fingerprint density at radius 3 is 2.50 bits per heavy atom. The van der Waals surface area contributed by atoms with E-state index in [1.165, 1.54) is 6.92 Å². The second kappa shape index (κ2) is 4.74. The number of H-pyrrole nitrogens is 1. The van der Waals surface area contributed by atoms with Crippen LogP contribution in [0.15, 0.2) is 0 Å². The van der Waals surface area contributed by atoms with Crippen LogP contribution in [0.3, 0.4) is 0 Å². The van der Waals surface area contributed by atoms with Crippen LogP contribution in [0.25, 0.3) is 0 Å².